The standard InChI is InChI=1S/C10H16O4/c1-2-3-4-5-9(11)14-8-6-7-13-10(8)12/h8H,2-7H2,1H3. The molecule has 14 heavy (non-hydrogen) atoms. The zero-order valence-electron chi connectivity index (χ0n) is 8.45. The van der Waals surface area contributed by atoms with Gasteiger partial charge in [-0.05, 0) is 6.42 Å². The second-order valence-corrected chi connectivity index (χ2v) is 3.39. The molecule has 1 unspecified atom stereocenters. The first kappa shape index (κ1) is 11.0. The van der Waals surface area contributed by atoms with Crippen LogP contribution in [0.15, 0.2) is 0 Å². The first-order chi connectivity index (χ1) is 6.74. The second-order valence-electron chi connectivity index (χ2n) is 3.39. The molecular formula is C10H16O4. The highest BCUT2D eigenvalue weighted by atomic mass is 16.6. The van der Waals surface area contributed by atoms with E-state index in [0.29, 0.717) is 19.4 Å². The maximum absolute atomic E-state index is 11.2. The van der Waals surface area contributed by atoms with Crippen LogP contribution in [0.5, 0.6) is 0 Å². The molecule has 1 atom stereocenters. The maximum Gasteiger partial charge on any atom is 0.347 e. The van der Waals surface area contributed by atoms with Gasteiger partial charge >= 0.3 is 11.9 Å². The molecule has 0 aromatic rings. The number of rotatable bonds is 5. The highest BCUT2D eigenvalue weighted by Gasteiger charge is 2.29. The molecule has 0 aromatic heterocycles. The van der Waals surface area contributed by atoms with E-state index in [0.717, 1.165) is 19.3 Å². The Morgan fingerprint density at radius 3 is 2.93 bits per heavy atom. The third-order valence-corrected chi connectivity index (χ3v) is 2.15. The number of esters is 2. The molecule has 80 valence electrons. The van der Waals surface area contributed by atoms with Gasteiger partial charge in [-0.3, -0.25) is 4.79 Å². The van der Waals surface area contributed by atoms with Crippen LogP contribution in [0.3, 0.4) is 0 Å². The molecule has 4 heteroatoms. The molecule has 0 aliphatic carbocycles. The van der Waals surface area contributed by atoms with Crippen molar-refractivity contribution in [3.05, 3.63) is 0 Å². The van der Waals surface area contributed by atoms with E-state index in [-0.39, 0.29) is 5.97 Å². The fourth-order valence-electron chi connectivity index (χ4n) is 1.32. The molecule has 0 N–H and O–H groups in total. The van der Waals surface area contributed by atoms with Crippen molar-refractivity contribution in [1.82, 2.24) is 0 Å². The van der Waals surface area contributed by atoms with Crippen LogP contribution in [0.2, 0.25) is 0 Å². The molecular weight excluding hydrogens is 184 g/mol. The summed E-state index contributed by atoms with van der Waals surface area (Å²) >= 11 is 0. The van der Waals surface area contributed by atoms with Crippen molar-refractivity contribution in [3.8, 4) is 0 Å². The van der Waals surface area contributed by atoms with Gasteiger partial charge in [-0.1, -0.05) is 19.8 Å². The average molecular weight is 200 g/mol. The number of hydrogen-bond donors (Lipinski definition) is 0. The normalized spacial score (nSPS) is 20.6. The summed E-state index contributed by atoms with van der Waals surface area (Å²) in [6, 6.07) is 0. The molecule has 1 fully saturated rings. The van der Waals surface area contributed by atoms with Gasteiger partial charge in [-0.2, -0.15) is 0 Å². The number of unbranched alkanes of at least 4 members (excludes halogenated alkanes) is 2. The fraction of sp³-hybridized carbons (Fsp3) is 0.800. The lowest BCUT2D eigenvalue weighted by atomic mass is 10.2. The van der Waals surface area contributed by atoms with Crippen LogP contribution in [0.1, 0.15) is 39.0 Å². The Labute approximate surface area is 83.6 Å². The average Bonchev–Trinajstić information content (AvgIpc) is 2.52. The van der Waals surface area contributed by atoms with Gasteiger partial charge in [-0.25, -0.2) is 4.79 Å². The second kappa shape index (κ2) is 5.62. The predicted octanol–water partition coefficient (Wildman–Crippen LogP) is 1.43. The van der Waals surface area contributed by atoms with E-state index in [1.165, 1.54) is 0 Å². The van der Waals surface area contributed by atoms with E-state index in [1.54, 1.807) is 0 Å². The zero-order valence-corrected chi connectivity index (χ0v) is 8.45. The van der Waals surface area contributed by atoms with Crippen LogP contribution in [-0.2, 0) is 19.1 Å². The predicted molar refractivity (Wildman–Crippen MR) is 49.6 cm³/mol. The first-order valence-corrected chi connectivity index (χ1v) is 5.10. The summed E-state index contributed by atoms with van der Waals surface area (Å²) in [5, 5.41) is 0. The van der Waals surface area contributed by atoms with Gasteiger partial charge in [0.15, 0.2) is 0 Å². The SMILES string of the molecule is CCCCCC(=O)OC1CCOC1=O. The minimum absolute atomic E-state index is 0.290. The largest absolute Gasteiger partial charge is 0.463 e. The Balaban J connectivity index is 2.16. The Morgan fingerprint density at radius 1 is 1.57 bits per heavy atom. The van der Waals surface area contributed by atoms with Gasteiger partial charge in [0.1, 0.15) is 0 Å². The van der Waals surface area contributed by atoms with Crippen molar-refractivity contribution in [2.45, 2.75) is 45.1 Å². The molecule has 0 spiro atoms. The van der Waals surface area contributed by atoms with Crippen molar-refractivity contribution >= 4 is 11.9 Å². The van der Waals surface area contributed by atoms with E-state index >= 15 is 0 Å². The molecule has 1 rings (SSSR count). The van der Waals surface area contributed by atoms with Gasteiger partial charge < -0.3 is 9.47 Å². The molecule has 4 nitrogen and oxygen atoms in total. The van der Waals surface area contributed by atoms with Crippen LogP contribution >= 0.6 is 0 Å². The van der Waals surface area contributed by atoms with Crippen LogP contribution < -0.4 is 0 Å². The summed E-state index contributed by atoms with van der Waals surface area (Å²) in [6.07, 6.45) is 3.17. The van der Waals surface area contributed by atoms with Gasteiger partial charge in [0.05, 0.1) is 6.61 Å². The minimum Gasteiger partial charge on any atom is -0.463 e. The molecule has 0 aromatic carbocycles. The number of carbonyl (C=O) groups excluding carboxylic acids is 2. The van der Waals surface area contributed by atoms with E-state index in [9.17, 15) is 9.59 Å². The van der Waals surface area contributed by atoms with Crippen LogP contribution in [0.4, 0.5) is 0 Å². The highest BCUT2D eigenvalue weighted by Crippen LogP contribution is 2.12. The van der Waals surface area contributed by atoms with Crippen molar-refractivity contribution < 1.29 is 19.1 Å². The van der Waals surface area contributed by atoms with Crippen molar-refractivity contribution in [2.75, 3.05) is 6.61 Å². The van der Waals surface area contributed by atoms with Crippen LogP contribution in [0, 0.1) is 0 Å². The summed E-state index contributed by atoms with van der Waals surface area (Å²) in [4.78, 5) is 22.1. The molecule has 1 heterocycles. The highest BCUT2D eigenvalue weighted by molar-refractivity contribution is 5.80. The summed E-state index contributed by atoms with van der Waals surface area (Å²) in [5.41, 5.74) is 0. The van der Waals surface area contributed by atoms with E-state index in [4.69, 9.17) is 4.74 Å². The summed E-state index contributed by atoms with van der Waals surface area (Å²) in [7, 11) is 0. The Bertz CT molecular complexity index is 212. The lowest BCUT2D eigenvalue weighted by Crippen LogP contribution is -2.22. The quantitative estimate of drug-likeness (QED) is 0.497. The molecule has 0 amide bonds. The Hall–Kier alpha value is -1.06. The summed E-state index contributed by atoms with van der Waals surface area (Å²) in [5.74, 6) is -0.698. The van der Waals surface area contributed by atoms with E-state index in [2.05, 4.69) is 11.7 Å². The van der Waals surface area contributed by atoms with Crippen molar-refractivity contribution in [2.24, 2.45) is 0 Å². The van der Waals surface area contributed by atoms with Crippen LogP contribution in [0.25, 0.3) is 0 Å². The summed E-state index contributed by atoms with van der Waals surface area (Å²) < 4.78 is 9.63. The van der Waals surface area contributed by atoms with Gasteiger partial charge in [0, 0.05) is 12.8 Å². The number of ether oxygens (including phenoxy) is 2. The third-order valence-electron chi connectivity index (χ3n) is 2.15. The minimum atomic E-state index is -0.649. The molecule has 1 aliphatic heterocycles. The van der Waals surface area contributed by atoms with Gasteiger partial charge in [0.2, 0.25) is 6.10 Å². The molecule has 0 bridgehead atoms. The maximum atomic E-state index is 11.2. The molecule has 0 radical (unpaired) electrons. The monoisotopic (exact) mass is 200 g/mol. The van der Waals surface area contributed by atoms with Crippen LogP contribution in [-0.4, -0.2) is 24.6 Å². The van der Waals surface area contributed by atoms with Gasteiger partial charge in [0.25, 0.3) is 0 Å². The number of carbonyl (C=O) groups is 2. The van der Waals surface area contributed by atoms with Crippen molar-refractivity contribution in [3.63, 3.8) is 0 Å². The lowest BCUT2D eigenvalue weighted by Gasteiger charge is -2.07. The topological polar surface area (TPSA) is 52.6 Å². The van der Waals surface area contributed by atoms with E-state index < -0.39 is 12.1 Å². The Kier molecular flexibility index (Phi) is 4.43. The Morgan fingerprint density at radius 2 is 2.36 bits per heavy atom. The third kappa shape index (κ3) is 3.36. The number of cyclic esters (lactones) is 1. The lowest BCUT2D eigenvalue weighted by molar-refractivity contribution is -0.160. The number of hydrogen-bond acceptors (Lipinski definition) is 4. The summed E-state index contributed by atoms with van der Waals surface area (Å²) in [6.45, 7) is 2.44. The smallest absolute Gasteiger partial charge is 0.347 e. The fourth-order valence-corrected chi connectivity index (χ4v) is 1.32. The molecule has 1 saturated heterocycles. The molecule has 1 aliphatic rings. The zero-order chi connectivity index (χ0) is 10.4. The van der Waals surface area contributed by atoms with E-state index in [1.807, 2.05) is 0 Å². The van der Waals surface area contributed by atoms with Crippen molar-refractivity contribution in [1.29, 1.82) is 0 Å². The van der Waals surface area contributed by atoms with Gasteiger partial charge in [-0.15, -0.1) is 0 Å². The first-order valence-electron chi connectivity index (χ1n) is 5.10. The molecule has 0 saturated carbocycles.